The zero-order valence-electron chi connectivity index (χ0n) is 15.2. The highest BCUT2D eigenvalue weighted by molar-refractivity contribution is 6.30. The number of benzene rings is 2. The van der Waals surface area contributed by atoms with Gasteiger partial charge in [0.2, 0.25) is 5.91 Å². The van der Waals surface area contributed by atoms with Gasteiger partial charge in [-0.3, -0.25) is 4.79 Å². The van der Waals surface area contributed by atoms with Crippen LogP contribution in [-0.2, 0) is 10.2 Å². The van der Waals surface area contributed by atoms with Gasteiger partial charge in [0.1, 0.15) is 11.5 Å². The summed E-state index contributed by atoms with van der Waals surface area (Å²) in [4.78, 5) is 13.2. The average molecular weight is 374 g/mol. The molecule has 0 spiro atoms. The number of halogens is 1. The number of amides is 1. The first-order valence-electron chi connectivity index (χ1n) is 9.06. The maximum atomic E-state index is 13.2. The summed E-state index contributed by atoms with van der Waals surface area (Å²) in [5.74, 6) is 1.34. The first-order chi connectivity index (χ1) is 12.6. The Morgan fingerprint density at radius 1 is 1.08 bits per heavy atom. The summed E-state index contributed by atoms with van der Waals surface area (Å²) >= 11 is 6.00. The van der Waals surface area contributed by atoms with Gasteiger partial charge in [-0.2, -0.15) is 0 Å². The van der Waals surface area contributed by atoms with Crippen molar-refractivity contribution in [2.45, 2.75) is 38.5 Å². The van der Waals surface area contributed by atoms with Gasteiger partial charge in [-0.15, -0.1) is 0 Å². The van der Waals surface area contributed by atoms with Crippen LogP contribution in [0.2, 0.25) is 5.02 Å². The fourth-order valence-electron chi connectivity index (χ4n) is 3.33. The molecule has 1 aliphatic carbocycles. The maximum Gasteiger partial charge on any atom is 0.235 e. The van der Waals surface area contributed by atoms with E-state index in [1.54, 1.807) is 0 Å². The Labute approximate surface area is 159 Å². The summed E-state index contributed by atoms with van der Waals surface area (Å²) in [6.45, 7) is 4.94. The van der Waals surface area contributed by atoms with Crippen molar-refractivity contribution in [2.24, 2.45) is 0 Å². The molecule has 3 rings (SSSR count). The van der Waals surface area contributed by atoms with Crippen LogP contribution in [0, 0.1) is 0 Å². The second-order valence-corrected chi connectivity index (χ2v) is 6.86. The van der Waals surface area contributed by atoms with Crippen LogP contribution < -0.4 is 14.8 Å². The van der Waals surface area contributed by atoms with Gasteiger partial charge in [0.15, 0.2) is 0 Å². The highest BCUT2D eigenvalue weighted by Gasteiger charge is 2.45. The van der Waals surface area contributed by atoms with Crippen LogP contribution in [-0.4, -0.2) is 19.1 Å². The molecule has 0 bridgehead atoms. The quantitative estimate of drug-likeness (QED) is 0.725. The molecular weight excluding hydrogens is 350 g/mol. The van der Waals surface area contributed by atoms with E-state index in [0.717, 1.165) is 24.8 Å². The molecule has 0 atom stereocenters. The van der Waals surface area contributed by atoms with Gasteiger partial charge in [-0.1, -0.05) is 30.2 Å². The number of carbonyl (C=O) groups excluding carboxylic acids is 1. The average Bonchev–Trinajstić information content (AvgIpc) is 2.58. The van der Waals surface area contributed by atoms with Crippen molar-refractivity contribution < 1.29 is 14.3 Å². The lowest BCUT2D eigenvalue weighted by atomic mass is 9.64. The fraction of sp³-hybridized carbons (Fsp3) is 0.381. The highest BCUT2D eigenvalue weighted by atomic mass is 35.5. The molecule has 1 amide bonds. The highest BCUT2D eigenvalue weighted by Crippen LogP contribution is 2.45. The number of rotatable bonds is 7. The van der Waals surface area contributed by atoms with E-state index in [1.807, 2.05) is 56.3 Å². The van der Waals surface area contributed by atoms with Gasteiger partial charge >= 0.3 is 0 Å². The molecule has 1 fully saturated rings. The van der Waals surface area contributed by atoms with Crippen LogP contribution >= 0.6 is 11.6 Å². The van der Waals surface area contributed by atoms with Crippen LogP contribution in [0.25, 0.3) is 0 Å². The lowest BCUT2D eigenvalue weighted by Crippen LogP contribution is -2.46. The Morgan fingerprint density at radius 2 is 1.77 bits per heavy atom. The SMILES string of the molecule is CCOc1ccc(OCC)c(NC(=O)C2(c3ccc(Cl)cc3)CCC2)c1. The third kappa shape index (κ3) is 3.65. The van der Waals surface area contributed by atoms with Gasteiger partial charge in [0.05, 0.1) is 24.3 Å². The predicted molar refractivity (Wildman–Crippen MR) is 104 cm³/mol. The molecule has 0 radical (unpaired) electrons. The molecule has 2 aromatic carbocycles. The van der Waals surface area contributed by atoms with E-state index in [2.05, 4.69) is 5.32 Å². The smallest absolute Gasteiger partial charge is 0.235 e. The number of ether oxygens (including phenoxy) is 2. The zero-order valence-corrected chi connectivity index (χ0v) is 15.9. The Morgan fingerprint density at radius 3 is 2.35 bits per heavy atom. The number of carbonyl (C=O) groups is 1. The number of nitrogens with one attached hydrogen (secondary N) is 1. The van der Waals surface area contributed by atoms with E-state index in [-0.39, 0.29) is 5.91 Å². The van der Waals surface area contributed by atoms with E-state index in [9.17, 15) is 4.79 Å². The minimum absolute atomic E-state index is 0.0133. The monoisotopic (exact) mass is 373 g/mol. The lowest BCUT2D eigenvalue weighted by molar-refractivity contribution is -0.124. The third-order valence-corrected chi connectivity index (χ3v) is 5.10. The molecule has 138 valence electrons. The number of anilines is 1. The van der Waals surface area contributed by atoms with Crippen molar-refractivity contribution in [3.63, 3.8) is 0 Å². The van der Waals surface area contributed by atoms with E-state index in [0.29, 0.717) is 35.4 Å². The van der Waals surface area contributed by atoms with Gasteiger partial charge < -0.3 is 14.8 Å². The molecule has 2 aromatic rings. The minimum atomic E-state index is -0.504. The number of hydrogen-bond donors (Lipinski definition) is 1. The number of hydrogen-bond acceptors (Lipinski definition) is 3. The molecule has 0 heterocycles. The van der Waals surface area contributed by atoms with Crippen LogP contribution in [0.4, 0.5) is 5.69 Å². The topological polar surface area (TPSA) is 47.6 Å². The fourth-order valence-corrected chi connectivity index (χ4v) is 3.46. The molecule has 4 nitrogen and oxygen atoms in total. The molecule has 26 heavy (non-hydrogen) atoms. The third-order valence-electron chi connectivity index (χ3n) is 4.85. The summed E-state index contributed by atoms with van der Waals surface area (Å²) in [7, 11) is 0. The summed E-state index contributed by atoms with van der Waals surface area (Å²) in [6, 6.07) is 13.1. The largest absolute Gasteiger partial charge is 0.494 e. The van der Waals surface area contributed by atoms with E-state index in [1.165, 1.54) is 0 Å². The van der Waals surface area contributed by atoms with Crippen molar-refractivity contribution >= 4 is 23.2 Å². The standard InChI is InChI=1S/C21H24ClNO3/c1-3-25-17-10-11-19(26-4-2)18(14-17)23-20(24)21(12-5-13-21)15-6-8-16(22)9-7-15/h6-11,14H,3-5,12-13H2,1-2H3,(H,23,24). The summed E-state index contributed by atoms with van der Waals surface area (Å²) < 4.78 is 11.2. The maximum absolute atomic E-state index is 13.2. The van der Waals surface area contributed by atoms with E-state index >= 15 is 0 Å². The second-order valence-electron chi connectivity index (χ2n) is 6.42. The van der Waals surface area contributed by atoms with Crippen molar-refractivity contribution in [3.05, 3.63) is 53.1 Å². The van der Waals surface area contributed by atoms with Gasteiger partial charge in [-0.05, 0) is 56.5 Å². The van der Waals surface area contributed by atoms with Gasteiger partial charge in [-0.25, -0.2) is 0 Å². The van der Waals surface area contributed by atoms with Gasteiger partial charge in [0.25, 0.3) is 0 Å². The van der Waals surface area contributed by atoms with Crippen LogP contribution in [0.3, 0.4) is 0 Å². The van der Waals surface area contributed by atoms with Crippen LogP contribution in [0.1, 0.15) is 38.7 Å². The summed E-state index contributed by atoms with van der Waals surface area (Å²) in [6.07, 6.45) is 2.69. The Kier molecular flexibility index (Phi) is 5.72. The molecular formula is C21H24ClNO3. The molecule has 0 aromatic heterocycles. The van der Waals surface area contributed by atoms with Crippen LogP contribution in [0.15, 0.2) is 42.5 Å². The van der Waals surface area contributed by atoms with Crippen molar-refractivity contribution in [1.82, 2.24) is 0 Å². The lowest BCUT2D eigenvalue weighted by Gasteiger charge is -2.40. The molecule has 0 saturated heterocycles. The molecule has 1 N–H and O–H groups in total. The predicted octanol–water partition coefficient (Wildman–Crippen LogP) is 5.20. The molecule has 1 aliphatic rings. The molecule has 5 heteroatoms. The van der Waals surface area contributed by atoms with Crippen molar-refractivity contribution in [3.8, 4) is 11.5 Å². The van der Waals surface area contributed by atoms with E-state index in [4.69, 9.17) is 21.1 Å². The zero-order chi connectivity index (χ0) is 18.6. The Balaban J connectivity index is 1.88. The van der Waals surface area contributed by atoms with E-state index < -0.39 is 5.41 Å². The summed E-state index contributed by atoms with van der Waals surface area (Å²) in [5.41, 5.74) is 1.14. The van der Waals surface area contributed by atoms with Gasteiger partial charge in [0, 0.05) is 11.1 Å². The molecule has 1 saturated carbocycles. The molecule has 0 aliphatic heterocycles. The minimum Gasteiger partial charge on any atom is -0.494 e. The first-order valence-corrected chi connectivity index (χ1v) is 9.44. The normalized spacial score (nSPS) is 15.0. The molecule has 0 unspecified atom stereocenters. The second kappa shape index (κ2) is 8.00. The Hall–Kier alpha value is -2.20. The van der Waals surface area contributed by atoms with Crippen molar-refractivity contribution in [2.75, 3.05) is 18.5 Å². The Bertz CT molecular complexity index is 769. The van der Waals surface area contributed by atoms with Crippen LogP contribution in [0.5, 0.6) is 11.5 Å². The summed E-state index contributed by atoms with van der Waals surface area (Å²) in [5, 5.41) is 3.75. The first kappa shape index (κ1) is 18.6. The van der Waals surface area contributed by atoms with Crippen molar-refractivity contribution in [1.29, 1.82) is 0 Å².